The molecular weight excluding hydrogens is 240 g/mol. The van der Waals surface area contributed by atoms with E-state index in [1.807, 2.05) is 0 Å². The van der Waals surface area contributed by atoms with Crippen molar-refractivity contribution in [3.05, 3.63) is 12.2 Å². The Morgan fingerprint density at radius 2 is 1.19 bits per heavy atom. The first-order valence-corrected chi connectivity index (χ1v) is 5.94. The van der Waals surface area contributed by atoms with E-state index >= 15 is 0 Å². The molecule has 0 heterocycles. The summed E-state index contributed by atoms with van der Waals surface area (Å²) in [5, 5.41) is 24.1. The molecule has 0 aliphatic heterocycles. The first kappa shape index (κ1) is 20.5. The minimum atomic E-state index is -3.67. The predicted molar refractivity (Wildman–Crippen MR) is 58.7 cm³/mol. The van der Waals surface area contributed by atoms with Crippen molar-refractivity contribution in [2.75, 3.05) is 6.26 Å². The predicted octanol–water partition coefficient (Wildman–Crippen LogP) is -0.491. The topological polar surface area (TPSA) is 132 Å². The van der Waals surface area contributed by atoms with Crippen LogP contribution in [0.3, 0.4) is 0 Å². The number of carboxylic acid groups (broad SMARTS) is 1. The van der Waals surface area contributed by atoms with Crippen LogP contribution in [0.1, 0.15) is 13.8 Å². The van der Waals surface area contributed by atoms with E-state index in [1.54, 1.807) is 26.0 Å². The Morgan fingerprint density at radius 3 is 1.25 bits per heavy atom. The van der Waals surface area contributed by atoms with Crippen molar-refractivity contribution in [3.63, 3.8) is 0 Å². The molecule has 4 N–H and O–H groups in total. The smallest absolute Gasteiger partial charge is 0.290 e. The van der Waals surface area contributed by atoms with Gasteiger partial charge in [0.2, 0.25) is 0 Å². The van der Waals surface area contributed by atoms with Gasteiger partial charge >= 0.3 is 0 Å². The second-order valence-electron chi connectivity index (χ2n) is 2.70. The Morgan fingerprint density at radius 1 is 1.06 bits per heavy atom. The molecule has 0 saturated carbocycles. The molecule has 0 aromatic carbocycles. The van der Waals surface area contributed by atoms with Crippen LogP contribution in [-0.2, 0) is 14.9 Å². The zero-order chi connectivity index (χ0) is 13.8. The third-order valence-electron chi connectivity index (χ3n) is 0.668. The summed E-state index contributed by atoms with van der Waals surface area (Å²) in [7, 11) is -3.67. The lowest BCUT2D eigenvalue weighted by Crippen LogP contribution is -1.97. The molecule has 0 saturated heterocycles. The quantitative estimate of drug-likeness (QED) is 0.298. The molecule has 0 aromatic heterocycles. The molecular formula is C8H18O7S. The zero-order valence-electron chi connectivity index (χ0n) is 9.31. The number of hydrogen-bond acceptors (Lipinski definition) is 5. The van der Waals surface area contributed by atoms with Gasteiger partial charge < -0.3 is 15.3 Å². The fraction of sp³-hybridized carbons (Fsp3) is 0.625. The Labute approximate surface area is 94.8 Å². The van der Waals surface area contributed by atoms with E-state index in [1.165, 1.54) is 0 Å². The van der Waals surface area contributed by atoms with Gasteiger partial charge in [-0.15, -0.1) is 0 Å². The van der Waals surface area contributed by atoms with E-state index in [2.05, 4.69) is 0 Å². The molecule has 7 nitrogen and oxygen atoms in total. The minimum absolute atomic E-state index is 0.250. The monoisotopic (exact) mass is 258 g/mol. The maximum Gasteiger partial charge on any atom is 0.290 e. The van der Waals surface area contributed by atoms with E-state index in [0.29, 0.717) is 6.26 Å². The van der Waals surface area contributed by atoms with Crippen LogP contribution in [0.4, 0.5) is 0 Å². The van der Waals surface area contributed by atoms with Crippen molar-refractivity contribution in [3.8, 4) is 0 Å². The van der Waals surface area contributed by atoms with Crippen molar-refractivity contribution in [1.82, 2.24) is 0 Å². The van der Waals surface area contributed by atoms with Gasteiger partial charge in [0.1, 0.15) is 0 Å². The number of aliphatic hydroxyl groups is 2. The van der Waals surface area contributed by atoms with Crippen molar-refractivity contribution >= 4 is 16.6 Å². The van der Waals surface area contributed by atoms with Gasteiger partial charge in [-0.25, -0.2) is 0 Å². The summed E-state index contributed by atoms with van der Waals surface area (Å²) in [6, 6.07) is 0. The van der Waals surface area contributed by atoms with Gasteiger partial charge in [0.15, 0.2) is 0 Å². The lowest BCUT2D eigenvalue weighted by atomic mass is 10.3. The Balaban J connectivity index is -0.000000181. The summed E-state index contributed by atoms with van der Waals surface area (Å²) in [6.45, 7) is 3.03. The van der Waals surface area contributed by atoms with Crippen LogP contribution in [0.2, 0.25) is 0 Å². The highest BCUT2D eigenvalue weighted by Crippen LogP contribution is 1.86. The van der Waals surface area contributed by atoms with Crippen LogP contribution in [0.15, 0.2) is 12.2 Å². The fourth-order valence-corrected chi connectivity index (χ4v) is 0.322. The number of rotatable bonds is 2. The third kappa shape index (κ3) is 116. The largest absolute Gasteiger partial charge is 0.483 e. The standard InChI is InChI=1S/C6H12O2.CH4O3S.CH2O2/c1-5(7)3-4-6(2)8;1-5(2,3)4;2-1-3/h3-8H,1-2H3;1H3,(H,2,3,4);1H,(H,2,3). The molecule has 0 amide bonds. The first-order valence-electron chi connectivity index (χ1n) is 4.09. The van der Waals surface area contributed by atoms with Gasteiger partial charge in [0, 0.05) is 0 Å². The Kier molecular flexibility index (Phi) is 15.5. The van der Waals surface area contributed by atoms with Gasteiger partial charge in [0.05, 0.1) is 18.5 Å². The molecule has 98 valence electrons. The highest BCUT2D eigenvalue weighted by Gasteiger charge is 1.87. The second-order valence-corrected chi connectivity index (χ2v) is 4.17. The Bertz CT molecular complexity index is 248. The molecule has 0 spiro atoms. The van der Waals surface area contributed by atoms with Crippen LogP contribution in [0.5, 0.6) is 0 Å². The van der Waals surface area contributed by atoms with E-state index in [0.717, 1.165) is 0 Å². The number of aliphatic hydroxyl groups excluding tert-OH is 2. The molecule has 16 heavy (non-hydrogen) atoms. The van der Waals surface area contributed by atoms with Gasteiger partial charge in [-0.1, -0.05) is 12.2 Å². The average molecular weight is 258 g/mol. The van der Waals surface area contributed by atoms with Gasteiger partial charge in [0.25, 0.3) is 16.6 Å². The van der Waals surface area contributed by atoms with Gasteiger partial charge in [-0.2, -0.15) is 8.42 Å². The van der Waals surface area contributed by atoms with Crippen molar-refractivity contribution in [2.45, 2.75) is 26.1 Å². The van der Waals surface area contributed by atoms with E-state index < -0.39 is 22.3 Å². The number of carbonyl (C=O) groups is 1. The zero-order valence-corrected chi connectivity index (χ0v) is 10.1. The van der Waals surface area contributed by atoms with Crippen molar-refractivity contribution in [2.24, 2.45) is 0 Å². The lowest BCUT2D eigenvalue weighted by molar-refractivity contribution is -0.122. The van der Waals surface area contributed by atoms with Crippen molar-refractivity contribution < 1.29 is 33.1 Å². The van der Waals surface area contributed by atoms with Crippen molar-refractivity contribution in [1.29, 1.82) is 0 Å². The number of hydrogen-bond donors (Lipinski definition) is 4. The maximum atomic E-state index is 9.19. The molecule has 0 aliphatic carbocycles. The molecule has 8 heteroatoms. The summed E-state index contributed by atoms with van der Waals surface area (Å²) >= 11 is 0. The van der Waals surface area contributed by atoms with Crippen LogP contribution in [-0.4, -0.2) is 53.2 Å². The molecule has 2 unspecified atom stereocenters. The SMILES string of the molecule is CC(O)C=CC(C)O.CS(=O)(=O)O.O=CO. The van der Waals surface area contributed by atoms with Crippen LogP contribution in [0.25, 0.3) is 0 Å². The highest BCUT2D eigenvalue weighted by molar-refractivity contribution is 7.85. The summed E-state index contributed by atoms with van der Waals surface area (Å²) in [4.78, 5) is 8.36. The molecule has 0 fully saturated rings. The van der Waals surface area contributed by atoms with Crippen LogP contribution in [0, 0.1) is 0 Å². The molecule has 0 aliphatic rings. The van der Waals surface area contributed by atoms with E-state index in [-0.39, 0.29) is 6.47 Å². The average Bonchev–Trinajstić information content (AvgIpc) is 1.99. The molecule has 0 bridgehead atoms. The lowest BCUT2D eigenvalue weighted by Gasteiger charge is -1.94. The molecule has 2 atom stereocenters. The maximum absolute atomic E-state index is 9.19. The summed E-state index contributed by atoms with van der Waals surface area (Å²) < 4.78 is 25.9. The molecule has 0 radical (unpaired) electrons. The minimum Gasteiger partial charge on any atom is -0.483 e. The second kappa shape index (κ2) is 12.1. The molecule has 0 aromatic rings. The van der Waals surface area contributed by atoms with E-state index in [4.69, 9.17) is 24.7 Å². The van der Waals surface area contributed by atoms with Crippen LogP contribution < -0.4 is 0 Å². The molecule has 0 rings (SSSR count). The summed E-state index contributed by atoms with van der Waals surface area (Å²) in [5.74, 6) is 0. The normalized spacial score (nSPS) is 13.9. The third-order valence-corrected chi connectivity index (χ3v) is 0.668. The summed E-state index contributed by atoms with van der Waals surface area (Å²) in [6.07, 6.45) is 2.90. The van der Waals surface area contributed by atoms with Gasteiger partial charge in [-0.05, 0) is 13.8 Å². The summed E-state index contributed by atoms with van der Waals surface area (Å²) in [5.41, 5.74) is 0. The Hall–Kier alpha value is -0.960. The van der Waals surface area contributed by atoms with Gasteiger partial charge in [-0.3, -0.25) is 9.35 Å². The van der Waals surface area contributed by atoms with E-state index in [9.17, 15) is 8.42 Å². The first-order chi connectivity index (χ1) is 7.04. The van der Waals surface area contributed by atoms with Crippen LogP contribution >= 0.6 is 0 Å². The highest BCUT2D eigenvalue weighted by atomic mass is 32.2. The fourth-order valence-electron chi connectivity index (χ4n) is 0.322.